The summed E-state index contributed by atoms with van der Waals surface area (Å²) in [5, 5.41) is 31.8. The first kappa shape index (κ1) is 21.8. The molecule has 0 aromatic heterocycles. The molecule has 11 nitrogen and oxygen atoms in total. The van der Waals surface area contributed by atoms with Gasteiger partial charge < -0.3 is 36.6 Å². The Balaban J connectivity index is 2.73. The van der Waals surface area contributed by atoms with E-state index in [4.69, 9.17) is 15.9 Å². The highest BCUT2D eigenvalue weighted by Gasteiger charge is 2.38. The molecular weight excluding hydrogens is 348 g/mol. The van der Waals surface area contributed by atoms with Crippen LogP contribution in [0.2, 0.25) is 0 Å². The van der Waals surface area contributed by atoms with Crippen LogP contribution in [0.1, 0.15) is 26.7 Å². The van der Waals surface area contributed by atoms with Crippen molar-refractivity contribution in [1.82, 2.24) is 15.5 Å². The number of hydrogen-bond acceptors (Lipinski definition) is 7. The van der Waals surface area contributed by atoms with Crippen LogP contribution < -0.4 is 16.4 Å². The lowest BCUT2D eigenvalue weighted by atomic mass is 10.1. The van der Waals surface area contributed by atoms with Gasteiger partial charge in [0.2, 0.25) is 17.7 Å². The summed E-state index contributed by atoms with van der Waals surface area (Å²) in [6, 6.07) is -4.51. The van der Waals surface area contributed by atoms with E-state index in [1.54, 1.807) is 0 Å². The van der Waals surface area contributed by atoms with Crippen molar-refractivity contribution < 1.29 is 34.5 Å². The van der Waals surface area contributed by atoms with Gasteiger partial charge >= 0.3 is 5.97 Å². The zero-order chi connectivity index (χ0) is 20.0. The third kappa shape index (κ3) is 5.38. The maximum atomic E-state index is 12.5. The van der Waals surface area contributed by atoms with Crippen LogP contribution >= 0.6 is 0 Å². The molecule has 0 aliphatic carbocycles. The number of nitrogens with two attached hydrogens (primary N) is 1. The van der Waals surface area contributed by atoms with Crippen LogP contribution in [0.5, 0.6) is 0 Å². The fourth-order valence-electron chi connectivity index (χ4n) is 2.60. The Labute approximate surface area is 150 Å². The van der Waals surface area contributed by atoms with Crippen LogP contribution in [-0.2, 0) is 19.2 Å². The maximum absolute atomic E-state index is 12.5. The minimum Gasteiger partial charge on any atom is -0.480 e. The van der Waals surface area contributed by atoms with Gasteiger partial charge in [0.1, 0.15) is 24.2 Å². The fourth-order valence-corrected chi connectivity index (χ4v) is 2.60. The lowest BCUT2D eigenvalue weighted by Crippen LogP contribution is -2.57. The monoisotopic (exact) mass is 374 g/mol. The molecule has 1 aliphatic heterocycles. The fraction of sp³-hybridized carbons (Fsp3) is 0.733. The third-order valence-corrected chi connectivity index (χ3v) is 4.19. The molecule has 148 valence electrons. The van der Waals surface area contributed by atoms with Gasteiger partial charge in [-0.3, -0.25) is 14.4 Å². The molecule has 0 unspecified atom stereocenters. The number of carboxylic acid groups (broad SMARTS) is 1. The van der Waals surface area contributed by atoms with E-state index in [0.29, 0.717) is 12.8 Å². The van der Waals surface area contributed by atoms with Gasteiger partial charge in [-0.05, 0) is 26.7 Å². The molecule has 7 N–H and O–H groups in total. The highest BCUT2D eigenvalue weighted by molar-refractivity contribution is 5.94. The molecular formula is C15H26N4O7. The van der Waals surface area contributed by atoms with Gasteiger partial charge in [0.05, 0.1) is 12.7 Å². The molecule has 26 heavy (non-hydrogen) atoms. The van der Waals surface area contributed by atoms with Crippen LogP contribution in [0.15, 0.2) is 0 Å². The number of rotatable bonds is 8. The van der Waals surface area contributed by atoms with E-state index in [-0.39, 0.29) is 6.54 Å². The molecule has 1 rings (SSSR count). The molecule has 0 radical (unpaired) electrons. The summed E-state index contributed by atoms with van der Waals surface area (Å²) >= 11 is 0. The van der Waals surface area contributed by atoms with E-state index in [2.05, 4.69) is 10.6 Å². The molecule has 1 saturated heterocycles. The van der Waals surface area contributed by atoms with Crippen molar-refractivity contribution in [3.8, 4) is 0 Å². The minimum absolute atomic E-state index is 0.274. The summed E-state index contributed by atoms with van der Waals surface area (Å²) in [7, 11) is 0. The smallest absolute Gasteiger partial charge is 0.328 e. The number of aliphatic hydroxyl groups is 2. The van der Waals surface area contributed by atoms with Gasteiger partial charge in [-0.25, -0.2) is 4.79 Å². The number of amides is 3. The summed E-state index contributed by atoms with van der Waals surface area (Å²) in [6.45, 7) is 2.27. The first-order valence-corrected chi connectivity index (χ1v) is 8.28. The molecule has 11 heteroatoms. The zero-order valence-corrected chi connectivity index (χ0v) is 14.7. The summed E-state index contributed by atoms with van der Waals surface area (Å²) in [5.74, 6) is -3.29. The number of nitrogens with one attached hydrogen (secondary N) is 2. The maximum Gasteiger partial charge on any atom is 0.328 e. The molecule has 3 amide bonds. The first-order chi connectivity index (χ1) is 12.1. The van der Waals surface area contributed by atoms with Gasteiger partial charge in [0, 0.05) is 6.54 Å². The molecule has 0 aromatic carbocycles. The second-order valence-electron chi connectivity index (χ2n) is 6.27. The standard InChI is InChI=1S/C15H26N4O7/c1-7(17-13(23)11(16)8(2)21)14(24)19-5-3-4-10(19)12(22)18-9(6-20)15(25)26/h7-11,20-21H,3-6,16H2,1-2H3,(H,17,23)(H,18,22)(H,25,26)/t7-,8+,9-,10-,11-/m0/s1. The van der Waals surface area contributed by atoms with Crippen molar-refractivity contribution in [2.75, 3.05) is 13.2 Å². The van der Waals surface area contributed by atoms with Crippen LogP contribution in [0.25, 0.3) is 0 Å². The Morgan fingerprint density at radius 1 is 1.23 bits per heavy atom. The van der Waals surface area contributed by atoms with E-state index < -0.39 is 60.6 Å². The van der Waals surface area contributed by atoms with Gasteiger partial charge in [0.15, 0.2) is 0 Å². The van der Waals surface area contributed by atoms with Crippen LogP contribution in [0, 0.1) is 0 Å². The van der Waals surface area contributed by atoms with Crippen LogP contribution in [0.3, 0.4) is 0 Å². The SMILES string of the molecule is C[C@H](NC(=O)[C@@H](N)[C@@H](C)O)C(=O)N1CCC[C@H]1C(=O)N[C@@H](CO)C(=O)O. The molecule has 0 bridgehead atoms. The van der Waals surface area contributed by atoms with E-state index in [0.717, 1.165) is 0 Å². The van der Waals surface area contributed by atoms with Crippen LogP contribution in [0.4, 0.5) is 0 Å². The predicted molar refractivity (Wildman–Crippen MR) is 88.6 cm³/mol. The zero-order valence-electron chi connectivity index (χ0n) is 14.7. The van der Waals surface area contributed by atoms with Gasteiger partial charge in [0.25, 0.3) is 0 Å². The number of nitrogens with zero attached hydrogens (tertiary/aromatic N) is 1. The average Bonchev–Trinajstić information content (AvgIpc) is 3.06. The van der Waals surface area contributed by atoms with Crippen LogP contribution in [-0.4, -0.2) is 87.3 Å². The Kier molecular flexibility index (Phi) is 7.93. The number of hydrogen-bond donors (Lipinski definition) is 6. The number of aliphatic hydroxyl groups excluding tert-OH is 2. The summed E-state index contributed by atoms with van der Waals surface area (Å²) in [6.07, 6.45) is -0.216. The third-order valence-electron chi connectivity index (χ3n) is 4.19. The largest absolute Gasteiger partial charge is 0.480 e. The Hall–Kier alpha value is -2.24. The summed E-state index contributed by atoms with van der Waals surface area (Å²) in [5.41, 5.74) is 5.51. The highest BCUT2D eigenvalue weighted by Crippen LogP contribution is 2.18. The molecule has 5 atom stereocenters. The summed E-state index contributed by atoms with van der Waals surface area (Å²) in [4.78, 5) is 48.8. The lowest BCUT2D eigenvalue weighted by molar-refractivity contribution is -0.145. The van der Waals surface area contributed by atoms with Crippen molar-refractivity contribution >= 4 is 23.7 Å². The molecule has 1 fully saturated rings. The van der Waals surface area contributed by atoms with Crippen molar-refractivity contribution in [2.45, 2.75) is 57.0 Å². The Morgan fingerprint density at radius 3 is 2.35 bits per heavy atom. The van der Waals surface area contributed by atoms with Gasteiger partial charge in [-0.1, -0.05) is 0 Å². The second-order valence-corrected chi connectivity index (χ2v) is 6.27. The Morgan fingerprint density at radius 2 is 1.85 bits per heavy atom. The van der Waals surface area contributed by atoms with E-state index >= 15 is 0 Å². The molecule has 0 aromatic rings. The van der Waals surface area contributed by atoms with Crippen molar-refractivity contribution in [1.29, 1.82) is 0 Å². The highest BCUT2D eigenvalue weighted by atomic mass is 16.4. The number of likely N-dealkylation sites (tertiary alicyclic amines) is 1. The van der Waals surface area contributed by atoms with Gasteiger partial charge in [-0.2, -0.15) is 0 Å². The predicted octanol–water partition coefficient (Wildman–Crippen LogP) is -3.25. The number of carboxylic acids is 1. The quantitative estimate of drug-likeness (QED) is 0.256. The number of carbonyl (C=O) groups excluding carboxylic acids is 3. The van der Waals surface area contributed by atoms with Gasteiger partial charge in [-0.15, -0.1) is 0 Å². The molecule has 1 heterocycles. The second kappa shape index (κ2) is 9.46. The van der Waals surface area contributed by atoms with E-state index in [1.165, 1.54) is 18.7 Å². The minimum atomic E-state index is -1.46. The van der Waals surface area contributed by atoms with E-state index in [1.807, 2.05) is 0 Å². The topological polar surface area (TPSA) is 182 Å². The molecule has 1 aliphatic rings. The Bertz CT molecular complexity index is 554. The van der Waals surface area contributed by atoms with E-state index in [9.17, 15) is 24.3 Å². The number of aliphatic carboxylic acids is 1. The van der Waals surface area contributed by atoms with Crippen molar-refractivity contribution in [3.05, 3.63) is 0 Å². The molecule has 0 saturated carbocycles. The number of carbonyl (C=O) groups is 4. The average molecular weight is 374 g/mol. The van der Waals surface area contributed by atoms with Crippen molar-refractivity contribution in [2.24, 2.45) is 5.73 Å². The lowest BCUT2D eigenvalue weighted by Gasteiger charge is -2.28. The van der Waals surface area contributed by atoms with Crippen molar-refractivity contribution in [3.63, 3.8) is 0 Å². The summed E-state index contributed by atoms with van der Waals surface area (Å²) < 4.78 is 0. The molecule has 0 spiro atoms. The first-order valence-electron chi connectivity index (χ1n) is 8.28. The normalized spacial score (nSPS) is 21.4.